The Morgan fingerprint density at radius 2 is 1.95 bits per heavy atom. The number of hydrogen-bond acceptors (Lipinski definition) is 2. The number of imidazole rings is 1. The van der Waals surface area contributed by atoms with Gasteiger partial charge in [0.1, 0.15) is 0 Å². The maximum atomic E-state index is 4.79. The number of aromatic nitrogens is 2. The molecule has 0 radical (unpaired) electrons. The largest absolute Gasteiger partial charge is 0.294 e. The summed E-state index contributed by atoms with van der Waals surface area (Å²) >= 11 is 1.88. The van der Waals surface area contributed by atoms with Crippen LogP contribution in [0.1, 0.15) is 34.7 Å². The van der Waals surface area contributed by atoms with Gasteiger partial charge in [-0.2, -0.15) is 0 Å². The Balaban J connectivity index is 1.71. The predicted octanol–water partition coefficient (Wildman–Crippen LogP) is 3.87. The second kappa shape index (κ2) is 4.49. The molecule has 0 aliphatic heterocycles. The summed E-state index contributed by atoms with van der Waals surface area (Å²) in [4.78, 5) is 7.53. The van der Waals surface area contributed by atoms with Crippen molar-refractivity contribution in [1.82, 2.24) is 9.38 Å². The maximum absolute atomic E-state index is 4.79. The highest BCUT2D eigenvalue weighted by Gasteiger charge is 2.17. The average Bonchev–Trinajstić information content (AvgIpc) is 2.97. The van der Waals surface area contributed by atoms with Gasteiger partial charge in [0.05, 0.1) is 5.69 Å². The normalized spacial score (nSPS) is 14.7. The van der Waals surface area contributed by atoms with Crippen molar-refractivity contribution < 1.29 is 0 Å². The third kappa shape index (κ3) is 1.98. The zero-order valence-electron chi connectivity index (χ0n) is 10.8. The van der Waals surface area contributed by atoms with E-state index in [9.17, 15) is 0 Å². The van der Waals surface area contributed by atoms with E-state index in [0.717, 1.165) is 6.42 Å². The Hall–Kier alpha value is -1.61. The van der Waals surface area contributed by atoms with Crippen molar-refractivity contribution in [1.29, 1.82) is 0 Å². The van der Waals surface area contributed by atoms with Crippen molar-refractivity contribution in [3.63, 3.8) is 0 Å². The minimum atomic E-state index is 0.935. The summed E-state index contributed by atoms with van der Waals surface area (Å²) in [7, 11) is 0. The highest BCUT2D eigenvalue weighted by atomic mass is 32.1. The average molecular weight is 268 g/mol. The van der Waals surface area contributed by atoms with Crippen LogP contribution in [0.4, 0.5) is 0 Å². The van der Waals surface area contributed by atoms with Crippen LogP contribution in [0, 0.1) is 0 Å². The lowest BCUT2D eigenvalue weighted by Crippen LogP contribution is -2.01. The lowest BCUT2D eigenvalue weighted by molar-refractivity contribution is 0.674. The van der Waals surface area contributed by atoms with E-state index in [1.165, 1.54) is 47.6 Å². The lowest BCUT2D eigenvalue weighted by atomic mass is 10.0. The van der Waals surface area contributed by atoms with E-state index in [4.69, 9.17) is 4.98 Å². The van der Waals surface area contributed by atoms with Gasteiger partial charge in [0.2, 0.25) is 0 Å². The fraction of sp³-hybridized carbons (Fsp3) is 0.312. The topological polar surface area (TPSA) is 17.3 Å². The molecule has 4 rings (SSSR count). The van der Waals surface area contributed by atoms with Crippen LogP contribution < -0.4 is 0 Å². The highest BCUT2D eigenvalue weighted by Crippen LogP contribution is 2.30. The molecule has 96 valence electrons. The molecule has 0 bridgehead atoms. The first kappa shape index (κ1) is 11.2. The quantitative estimate of drug-likeness (QED) is 0.689. The molecular formula is C16H16N2S. The molecule has 19 heavy (non-hydrogen) atoms. The third-order valence-electron chi connectivity index (χ3n) is 3.85. The number of fused-ring (bicyclic) bond motifs is 3. The second-order valence-corrected chi connectivity index (χ2v) is 6.29. The van der Waals surface area contributed by atoms with Crippen molar-refractivity contribution in [3.8, 4) is 0 Å². The number of benzene rings is 1. The molecule has 1 aromatic carbocycles. The molecule has 0 saturated heterocycles. The molecule has 0 N–H and O–H groups in total. The van der Waals surface area contributed by atoms with Crippen molar-refractivity contribution in [2.45, 2.75) is 32.1 Å². The van der Waals surface area contributed by atoms with Gasteiger partial charge >= 0.3 is 0 Å². The Bertz CT molecular complexity index is 709. The van der Waals surface area contributed by atoms with Gasteiger partial charge in [0.15, 0.2) is 4.96 Å². The van der Waals surface area contributed by atoms with Gasteiger partial charge in [-0.1, -0.05) is 30.3 Å². The second-order valence-electron chi connectivity index (χ2n) is 5.23. The fourth-order valence-electron chi connectivity index (χ4n) is 2.90. The Morgan fingerprint density at radius 1 is 1.11 bits per heavy atom. The molecule has 2 aromatic heterocycles. The molecule has 0 saturated carbocycles. The van der Waals surface area contributed by atoms with E-state index in [1.807, 2.05) is 11.3 Å². The SMILES string of the molecule is c1ccc(Cc2cn3c4c(sc3n2)CCCC4)cc1. The molecule has 0 atom stereocenters. The maximum Gasteiger partial charge on any atom is 0.194 e. The summed E-state index contributed by atoms with van der Waals surface area (Å²) in [6, 6.07) is 10.6. The standard InChI is InChI=1S/C16H16N2S/c1-2-6-12(7-3-1)10-13-11-18-14-8-4-5-9-15(14)19-16(18)17-13/h1-3,6-7,11H,4-5,8-10H2. The van der Waals surface area contributed by atoms with E-state index in [1.54, 1.807) is 4.88 Å². The smallest absolute Gasteiger partial charge is 0.194 e. The Kier molecular flexibility index (Phi) is 2.66. The predicted molar refractivity (Wildman–Crippen MR) is 79.0 cm³/mol. The van der Waals surface area contributed by atoms with E-state index < -0.39 is 0 Å². The van der Waals surface area contributed by atoms with E-state index in [0.29, 0.717) is 0 Å². The lowest BCUT2D eigenvalue weighted by Gasteiger charge is -2.09. The molecule has 3 heteroatoms. The summed E-state index contributed by atoms with van der Waals surface area (Å²) in [5.74, 6) is 0. The first-order valence-corrected chi connectivity index (χ1v) is 7.74. The zero-order chi connectivity index (χ0) is 12.7. The van der Waals surface area contributed by atoms with Crippen molar-refractivity contribution in [2.24, 2.45) is 0 Å². The van der Waals surface area contributed by atoms with Gasteiger partial charge in [-0.25, -0.2) is 4.98 Å². The van der Waals surface area contributed by atoms with E-state index in [-0.39, 0.29) is 0 Å². The summed E-state index contributed by atoms with van der Waals surface area (Å²) in [5.41, 5.74) is 4.03. The van der Waals surface area contributed by atoms with Gasteiger partial charge in [-0.3, -0.25) is 4.40 Å². The molecular weight excluding hydrogens is 252 g/mol. The van der Waals surface area contributed by atoms with Crippen molar-refractivity contribution >= 4 is 16.3 Å². The van der Waals surface area contributed by atoms with Crippen molar-refractivity contribution in [3.05, 3.63) is 58.4 Å². The molecule has 1 aliphatic carbocycles. The minimum absolute atomic E-state index is 0.935. The van der Waals surface area contributed by atoms with Gasteiger partial charge in [-0.15, -0.1) is 11.3 Å². The van der Waals surface area contributed by atoms with Gasteiger partial charge in [0.25, 0.3) is 0 Å². The molecule has 2 nitrogen and oxygen atoms in total. The molecule has 0 fully saturated rings. The van der Waals surface area contributed by atoms with Gasteiger partial charge < -0.3 is 0 Å². The Morgan fingerprint density at radius 3 is 2.84 bits per heavy atom. The first-order valence-electron chi connectivity index (χ1n) is 6.92. The Labute approximate surface area is 116 Å². The van der Waals surface area contributed by atoms with Crippen LogP contribution in [0.25, 0.3) is 4.96 Å². The minimum Gasteiger partial charge on any atom is -0.294 e. The fourth-order valence-corrected chi connectivity index (χ4v) is 4.11. The van der Waals surface area contributed by atoms with Crippen molar-refractivity contribution in [2.75, 3.05) is 0 Å². The molecule has 0 unspecified atom stereocenters. The number of thiazole rings is 1. The molecule has 0 spiro atoms. The summed E-state index contributed by atoms with van der Waals surface area (Å²) < 4.78 is 2.33. The monoisotopic (exact) mass is 268 g/mol. The van der Waals surface area contributed by atoms with E-state index in [2.05, 4.69) is 40.9 Å². The molecule has 1 aliphatic rings. The van der Waals surface area contributed by atoms with Crippen LogP contribution in [-0.2, 0) is 19.3 Å². The van der Waals surface area contributed by atoms with Crippen LogP contribution in [-0.4, -0.2) is 9.38 Å². The first-order chi connectivity index (χ1) is 9.40. The summed E-state index contributed by atoms with van der Waals surface area (Å²) in [6.07, 6.45) is 8.30. The summed E-state index contributed by atoms with van der Waals surface area (Å²) in [5, 5.41) is 0. The molecule has 2 heterocycles. The molecule has 3 aromatic rings. The number of hydrogen-bond donors (Lipinski definition) is 0. The number of aryl methyl sites for hydroxylation is 2. The number of rotatable bonds is 2. The number of nitrogens with zero attached hydrogens (tertiary/aromatic N) is 2. The summed E-state index contributed by atoms with van der Waals surface area (Å²) in [6.45, 7) is 0. The van der Waals surface area contributed by atoms with Crippen LogP contribution >= 0.6 is 11.3 Å². The van der Waals surface area contributed by atoms with Gasteiger partial charge in [0, 0.05) is 23.2 Å². The van der Waals surface area contributed by atoms with Crippen LogP contribution in [0.15, 0.2) is 36.5 Å². The van der Waals surface area contributed by atoms with Gasteiger partial charge in [-0.05, 0) is 31.2 Å². The van der Waals surface area contributed by atoms with Crippen LogP contribution in [0.3, 0.4) is 0 Å². The highest BCUT2D eigenvalue weighted by molar-refractivity contribution is 7.17. The zero-order valence-corrected chi connectivity index (χ0v) is 11.6. The van der Waals surface area contributed by atoms with Crippen LogP contribution in [0.2, 0.25) is 0 Å². The van der Waals surface area contributed by atoms with Crippen LogP contribution in [0.5, 0.6) is 0 Å². The molecule has 0 amide bonds. The van der Waals surface area contributed by atoms with E-state index >= 15 is 0 Å². The third-order valence-corrected chi connectivity index (χ3v) is 5.00.